The van der Waals surface area contributed by atoms with Crippen LogP contribution in [0.4, 0.5) is 0 Å². The van der Waals surface area contributed by atoms with Crippen LogP contribution in [0, 0.1) is 20.8 Å². The Morgan fingerprint density at radius 1 is 1.29 bits per heavy atom. The first-order chi connectivity index (χ1) is 8.04. The molecule has 0 aliphatic heterocycles. The Morgan fingerprint density at radius 3 is 2.47 bits per heavy atom. The lowest BCUT2D eigenvalue weighted by atomic mass is 10.2. The number of benzene rings is 1. The molecular formula is C13H14BrClN2. The van der Waals surface area contributed by atoms with Gasteiger partial charge in [0.2, 0.25) is 0 Å². The molecule has 90 valence electrons. The normalized spacial score (nSPS) is 10.9. The van der Waals surface area contributed by atoms with Gasteiger partial charge in [0, 0.05) is 16.0 Å². The Bertz CT molecular complexity index is 561. The Balaban J connectivity index is 2.53. The molecule has 0 N–H and O–H groups in total. The lowest BCUT2D eigenvalue weighted by molar-refractivity contribution is 0.833. The van der Waals surface area contributed by atoms with E-state index in [0.29, 0.717) is 0 Å². The molecular weight excluding hydrogens is 300 g/mol. The van der Waals surface area contributed by atoms with E-state index >= 15 is 0 Å². The highest BCUT2D eigenvalue weighted by Gasteiger charge is 2.10. The summed E-state index contributed by atoms with van der Waals surface area (Å²) in [5.74, 6) is 0. The maximum Gasteiger partial charge on any atom is 0.0663 e. The predicted molar refractivity (Wildman–Crippen MR) is 75.4 cm³/mol. The lowest BCUT2D eigenvalue weighted by Gasteiger charge is -2.07. The van der Waals surface area contributed by atoms with E-state index in [9.17, 15) is 0 Å². The van der Waals surface area contributed by atoms with Crippen molar-refractivity contribution in [2.75, 3.05) is 0 Å². The number of aromatic nitrogens is 2. The van der Waals surface area contributed by atoms with Crippen LogP contribution in [0.25, 0.3) is 5.69 Å². The van der Waals surface area contributed by atoms with Crippen LogP contribution in [-0.4, -0.2) is 9.78 Å². The number of halogens is 2. The van der Waals surface area contributed by atoms with Gasteiger partial charge in [-0.25, -0.2) is 4.68 Å². The van der Waals surface area contributed by atoms with Crippen molar-refractivity contribution in [3.05, 3.63) is 45.7 Å². The molecule has 1 aromatic carbocycles. The summed E-state index contributed by atoms with van der Waals surface area (Å²) in [7, 11) is 0. The summed E-state index contributed by atoms with van der Waals surface area (Å²) in [6.07, 6.45) is 0. The first-order valence-corrected chi connectivity index (χ1v) is 6.92. The van der Waals surface area contributed by atoms with Crippen molar-refractivity contribution in [1.29, 1.82) is 0 Å². The van der Waals surface area contributed by atoms with E-state index in [0.717, 1.165) is 33.0 Å². The molecule has 1 heterocycles. The maximum atomic E-state index is 6.21. The highest BCUT2D eigenvalue weighted by molar-refractivity contribution is 9.08. The third kappa shape index (κ3) is 2.26. The van der Waals surface area contributed by atoms with Gasteiger partial charge in [-0.2, -0.15) is 5.10 Å². The molecule has 2 nitrogen and oxygen atoms in total. The standard InChI is InChI=1S/C13H14BrClN2/c1-8-9(2)16-17(10(8)3)12-5-4-11(7-14)13(15)6-12/h4-6H,7H2,1-3H3. The van der Waals surface area contributed by atoms with E-state index in [-0.39, 0.29) is 0 Å². The number of alkyl halides is 1. The van der Waals surface area contributed by atoms with Crippen LogP contribution in [0.1, 0.15) is 22.5 Å². The van der Waals surface area contributed by atoms with Gasteiger partial charge in [0.25, 0.3) is 0 Å². The molecule has 0 radical (unpaired) electrons. The van der Waals surface area contributed by atoms with Gasteiger partial charge in [-0.05, 0) is 44.0 Å². The molecule has 0 saturated carbocycles. The van der Waals surface area contributed by atoms with Crippen LogP contribution in [0.5, 0.6) is 0 Å². The summed E-state index contributed by atoms with van der Waals surface area (Å²) in [5.41, 5.74) is 5.54. The molecule has 0 bridgehead atoms. The van der Waals surface area contributed by atoms with E-state index in [4.69, 9.17) is 11.6 Å². The van der Waals surface area contributed by atoms with Crippen LogP contribution >= 0.6 is 27.5 Å². The topological polar surface area (TPSA) is 17.8 Å². The van der Waals surface area contributed by atoms with Gasteiger partial charge >= 0.3 is 0 Å². The summed E-state index contributed by atoms with van der Waals surface area (Å²) in [6, 6.07) is 6.02. The zero-order chi connectivity index (χ0) is 12.6. The Hall–Kier alpha value is -0.800. The highest BCUT2D eigenvalue weighted by atomic mass is 79.9. The fourth-order valence-corrected chi connectivity index (χ4v) is 2.64. The predicted octanol–water partition coefficient (Wildman–Crippen LogP) is 4.35. The summed E-state index contributed by atoms with van der Waals surface area (Å²) < 4.78 is 1.94. The molecule has 4 heteroatoms. The molecule has 0 spiro atoms. The molecule has 2 rings (SSSR count). The molecule has 2 aromatic rings. The summed E-state index contributed by atoms with van der Waals surface area (Å²) in [6.45, 7) is 6.18. The van der Waals surface area contributed by atoms with Crippen LogP contribution in [0.3, 0.4) is 0 Å². The smallest absolute Gasteiger partial charge is 0.0663 e. The van der Waals surface area contributed by atoms with E-state index < -0.39 is 0 Å². The van der Waals surface area contributed by atoms with Crippen molar-refractivity contribution >= 4 is 27.5 Å². The molecule has 0 fully saturated rings. The molecule has 0 unspecified atom stereocenters. The molecule has 1 aromatic heterocycles. The van der Waals surface area contributed by atoms with Gasteiger partial charge in [-0.1, -0.05) is 33.6 Å². The minimum atomic E-state index is 0.766. The maximum absolute atomic E-state index is 6.21. The fourth-order valence-electron chi connectivity index (χ4n) is 1.75. The highest BCUT2D eigenvalue weighted by Crippen LogP contribution is 2.24. The van der Waals surface area contributed by atoms with Gasteiger partial charge in [-0.15, -0.1) is 0 Å². The summed E-state index contributed by atoms with van der Waals surface area (Å²) in [4.78, 5) is 0. The second kappa shape index (κ2) is 4.83. The van der Waals surface area contributed by atoms with Crippen LogP contribution in [-0.2, 0) is 5.33 Å². The van der Waals surface area contributed by atoms with Crippen LogP contribution < -0.4 is 0 Å². The van der Waals surface area contributed by atoms with Crippen molar-refractivity contribution in [2.45, 2.75) is 26.1 Å². The molecule has 17 heavy (non-hydrogen) atoms. The zero-order valence-electron chi connectivity index (χ0n) is 10.1. The second-order valence-corrected chi connectivity index (χ2v) is 5.08. The molecule has 0 aliphatic carbocycles. The van der Waals surface area contributed by atoms with Crippen molar-refractivity contribution in [3.8, 4) is 5.69 Å². The molecule has 0 amide bonds. The number of nitrogens with zero attached hydrogens (tertiary/aromatic N) is 2. The van der Waals surface area contributed by atoms with E-state index in [1.165, 1.54) is 5.56 Å². The third-order valence-corrected chi connectivity index (χ3v) is 4.03. The van der Waals surface area contributed by atoms with E-state index in [1.54, 1.807) is 0 Å². The molecule has 0 saturated heterocycles. The molecule has 0 atom stereocenters. The Labute approximate surface area is 115 Å². The number of hydrogen-bond acceptors (Lipinski definition) is 1. The van der Waals surface area contributed by atoms with Crippen molar-refractivity contribution in [1.82, 2.24) is 9.78 Å². The molecule has 0 aliphatic rings. The average Bonchev–Trinajstić information content (AvgIpc) is 2.57. The Morgan fingerprint density at radius 2 is 2.00 bits per heavy atom. The fraction of sp³-hybridized carbons (Fsp3) is 0.308. The SMILES string of the molecule is Cc1nn(-c2ccc(CBr)c(Cl)c2)c(C)c1C. The largest absolute Gasteiger partial charge is 0.238 e. The second-order valence-electron chi connectivity index (χ2n) is 4.12. The minimum absolute atomic E-state index is 0.766. The minimum Gasteiger partial charge on any atom is -0.238 e. The van der Waals surface area contributed by atoms with Gasteiger partial charge in [0.15, 0.2) is 0 Å². The van der Waals surface area contributed by atoms with Crippen molar-refractivity contribution in [2.24, 2.45) is 0 Å². The number of aryl methyl sites for hydroxylation is 1. The van der Waals surface area contributed by atoms with Gasteiger partial charge in [0.1, 0.15) is 0 Å². The quantitative estimate of drug-likeness (QED) is 0.754. The number of rotatable bonds is 2. The third-order valence-electron chi connectivity index (χ3n) is 3.08. The summed E-state index contributed by atoms with van der Waals surface area (Å²) >= 11 is 9.62. The van der Waals surface area contributed by atoms with Gasteiger partial charge < -0.3 is 0 Å². The van der Waals surface area contributed by atoms with Crippen LogP contribution in [0.15, 0.2) is 18.2 Å². The van der Waals surface area contributed by atoms with E-state index in [1.807, 2.05) is 29.8 Å². The zero-order valence-corrected chi connectivity index (χ0v) is 12.4. The van der Waals surface area contributed by atoms with Gasteiger partial charge in [0.05, 0.1) is 11.4 Å². The van der Waals surface area contributed by atoms with Gasteiger partial charge in [-0.3, -0.25) is 0 Å². The average molecular weight is 314 g/mol. The first kappa shape index (κ1) is 12.7. The van der Waals surface area contributed by atoms with Crippen molar-refractivity contribution in [3.63, 3.8) is 0 Å². The first-order valence-electron chi connectivity index (χ1n) is 5.42. The van der Waals surface area contributed by atoms with E-state index in [2.05, 4.69) is 34.9 Å². The Kier molecular flexibility index (Phi) is 3.59. The monoisotopic (exact) mass is 312 g/mol. The van der Waals surface area contributed by atoms with Crippen molar-refractivity contribution < 1.29 is 0 Å². The van der Waals surface area contributed by atoms with Crippen LogP contribution in [0.2, 0.25) is 5.02 Å². The lowest BCUT2D eigenvalue weighted by Crippen LogP contribution is -1.99. The number of hydrogen-bond donors (Lipinski definition) is 0. The summed E-state index contributed by atoms with van der Waals surface area (Å²) in [5, 5.41) is 6.06.